The number of aryl methyl sites for hydroxylation is 2. The normalized spacial score (nSPS) is 15.9. The number of hydrogen-bond acceptors (Lipinski definition) is 4. The van der Waals surface area contributed by atoms with Crippen LogP contribution in [0.15, 0.2) is 24.4 Å². The molecule has 2 heterocycles. The summed E-state index contributed by atoms with van der Waals surface area (Å²) in [6, 6.07) is 6.25. The average molecular weight is 316 g/mol. The Balaban J connectivity index is 1.43. The third kappa shape index (κ3) is 4.30. The second kappa shape index (κ2) is 7.57. The lowest BCUT2D eigenvalue weighted by Gasteiger charge is -2.26. The van der Waals surface area contributed by atoms with Gasteiger partial charge in [0.1, 0.15) is 0 Å². The van der Waals surface area contributed by atoms with E-state index in [0.29, 0.717) is 19.5 Å². The molecule has 3 rings (SSSR count). The van der Waals surface area contributed by atoms with Crippen LogP contribution in [0, 0.1) is 6.92 Å². The number of ether oxygens (including phenoxy) is 1. The molecule has 1 fully saturated rings. The van der Waals surface area contributed by atoms with Gasteiger partial charge in [-0.2, -0.15) is 5.10 Å². The molecule has 23 heavy (non-hydrogen) atoms. The molecule has 0 atom stereocenters. The number of morpholine rings is 1. The summed E-state index contributed by atoms with van der Waals surface area (Å²) >= 11 is 0. The third-order valence-corrected chi connectivity index (χ3v) is 4.20. The Kier molecular flexibility index (Phi) is 5.25. The van der Waals surface area contributed by atoms with Gasteiger partial charge in [0.2, 0.25) is 5.91 Å². The van der Waals surface area contributed by atoms with E-state index in [2.05, 4.69) is 40.4 Å². The van der Waals surface area contributed by atoms with Crippen LogP contribution >= 0.6 is 0 Å². The van der Waals surface area contributed by atoms with Crippen molar-refractivity contribution in [3.05, 3.63) is 30.0 Å². The molecule has 0 saturated carbocycles. The van der Waals surface area contributed by atoms with Crippen molar-refractivity contribution >= 4 is 16.8 Å². The molecular formula is C17H24N4O2. The molecule has 0 aliphatic carbocycles. The lowest BCUT2D eigenvalue weighted by Crippen LogP contribution is -2.41. The van der Waals surface area contributed by atoms with Gasteiger partial charge in [0.05, 0.1) is 31.5 Å². The molecule has 1 aromatic carbocycles. The smallest absolute Gasteiger partial charge is 0.221 e. The zero-order chi connectivity index (χ0) is 16.1. The maximum atomic E-state index is 12.0. The van der Waals surface area contributed by atoms with Crippen LogP contribution in [0.25, 0.3) is 10.9 Å². The van der Waals surface area contributed by atoms with Crippen molar-refractivity contribution in [1.29, 1.82) is 0 Å². The number of aromatic nitrogens is 2. The van der Waals surface area contributed by atoms with Crippen molar-refractivity contribution in [1.82, 2.24) is 20.0 Å². The van der Waals surface area contributed by atoms with Gasteiger partial charge in [-0.25, -0.2) is 0 Å². The SMILES string of the molecule is Cc1ccc2cnn(CCC(=O)NCCN3CCOCC3)c2c1. The summed E-state index contributed by atoms with van der Waals surface area (Å²) in [5, 5.41) is 8.48. The third-order valence-electron chi connectivity index (χ3n) is 4.20. The van der Waals surface area contributed by atoms with Crippen LogP contribution in [0.5, 0.6) is 0 Å². The molecule has 0 radical (unpaired) electrons. The van der Waals surface area contributed by atoms with Gasteiger partial charge in [0.25, 0.3) is 0 Å². The first kappa shape index (κ1) is 16.0. The largest absolute Gasteiger partial charge is 0.379 e. The number of nitrogens with zero attached hydrogens (tertiary/aromatic N) is 3. The highest BCUT2D eigenvalue weighted by molar-refractivity contribution is 5.80. The van der Waals surface area contributed by atoms with Gasteiger partial charge < -0.3 is 10.1 Å². The quantitative estimate of drug-likeness (QED) is 0.869. The van der Waals surface area contributed by atoms with Crippen molar-refractivity contribution in [2.24, 2.45) is 0 Å². The summed E-state index contributed by atoms with van der Waals surface area (Å²) in [5.41, 5.74) is 2.29. The Morgan fingerprint density at radius 1 is 1.30 bits per heavy atom. The van der Waals surface area contributed by atoms with Crippen LogP contribution in [0.1, 0.15) is 12.0 Å². The van der Waals surface area contributed by atoms with E-state index >= 15 is 0 Å². The maximum absolute atomic E-state index is 12.0. The molecule has 0 bridgehead atoms. The van der Waals surface area contributed by atoms with Gasteiger partial charge in [0, 0.05) is 38.0 Å². The van der Waals surface area contributed by atoms with Gasteiger partial charge in [0.15, 0.2) is 0 Å². The number of amides is 1. The summed E-state index contributed by atoms with van der Waals surface area (Å²) < 4.78 is 7.22. The zero-order valence-corrected chi connectivity index (χ0v) is 13.6. The van der Waals surface area contributed by atoms with E-state index in [9.17, 15) is 4.79 Å². The number of benzene rings is 1. The minimum absolute atomic E-state index is 0.0783. The summed E-state index contributed by atoms with van der Waals surface area (Å²) in [6.45, 7) is 7.74. The number of rotatable bonds is 6. The Morgan fingerprint density at radius 2 is 2.13 bits per heavy atom. The standard InChI is InChI=1S/C17H24N4O2/c1-14-2-3-15-13-19-21(16(15)12-14)6-4-17(22)18-5-7-20-8-10-23-11-9-20/h2-3,12-13H,4-11H2,1H3,(H,18,22). The second-order valence-corrected chi connectivity index (χ2v) is 5.98. The molecule has 1 saturated heterocycles. The van der Waals surface area contributed by atoms with Gasteiger partial charge >= 0.3 is 0 Å². The molecule has 1 aliphatic rings. The maximum Gasteiger partial charge on any atom is 0.221 e. The average Bonchev–Trinajstić information content (AvgIpc) is 2.96. The van der Waals surface area contributed by atoms with Crippen LogP contribution in [-0.2, 0) is 16.1 Å². The summed E-state index contributed by atoms with van der Waals surface area (Å²) in [6.07, 6.45) is 2.30. The number of carbonyl (C=O) groups excluding carboxylic acids is 1. The molecular weight excluding hydrogens is 292 g/mol. The first-order valence-electron chi connectivity index (χ1n) is 8.21. The Hall–Kier alpha value is -1.92. The monoisotopic (exact) mass is 316 g/mol. The van der Waals surface area contributed by atoms with Crippen molar-refractivity contribution in [3.63, 3.8) is 0 Å². The van der Waals surface area contributed by atoms with Crippen LogP contribution in [-0.4, -0.2) is 60.0 Å². The predicted octanol–water partition coefficient (Wildman–Crippen LogP) is 1.18. The van der Waals surface area contributed by atoms with Gasteiger partial charge in [-0.3, -0.25) is 14.4 Å². The summed E-state index contributed by atoms with van der Waals surface area (Å²) in [5.74, 6) is 0.0783. The van der Waals surface area contributed by atoms with Crippen molar-refractivity contribution in [2.45, 2.75) is 19.9 Å². The number of carbonyl (C=O) groups is 1. The van der Waals surface area contributed by atoms with E-state index in [-0.39, 0.29) is 5.91 Å². The summed E-state index contributed by atoms with van der Waals surface area (Å²) in [4.78, 5) is 14.3. The fourth-order valence-electron chi connectivity index (χ4n) is 2.83. The molecule has 2 aromatic rings. The lowest BCUT2D eigenvalue weighted by atomic mass is 10.2. The lowest BCUT2D eigenvalue weighted by molar-refractivity contribution is -0.121. The van der Waals surface area contributed by atoms with Crippen molar-refractivity contribution < 1.29 is 9.53 Å². The first-order valence-corrected chi connectivity index (χ1v) is 8.21. The molecule has 1 N–H and O–H groups in total. The van der Waals surface area contributed by atoms with Gasteiger partial charge in [-0.05, 0) is 18.6 Å². The molecule has 6 heteroatoms. The Labute approximate surface area is 136 Å². The molecule has 1 aromatic heterocycles. The fourth-order valence-corrected chi connectivity index (χ4v) is 2.83. The van der Waals surface area contributed by atoms with Crippen molar-refractivity contribution in [3.8, 4) is 0 Å². The minimum Gasteiger partial charge on any atom is -0.379 e. The van der Waals surface area contributed by atoms with E-state index < -0.39 is 0 Å². The molecule has 124 valence electrons. The number of hydrogen-bond donors (Lipinski definition) is 1. The summed E-state index contributed by atoms with van der Waals surface area (Å²) in [7, 11) is 0. The second-order valence-electron chi connectivity index (χ2n) is 5.98. The minimum atomic E-state index is 0.0783. The highest BCUT2D eigenvalue weighted by Crippen LogP contribution is 2.15. The zero-order valence-electron chi connectivity index (χ0n) is 13.6. The van der Waals surface area contributed by atoms with E-state index in [1.165, 1.54) is 5.56 Å². The highest BCUT2D eigenvalue weighted by Gasteiger charge is 2.10. The highest BCUT2D eigenvalue weighted by atomic mass is 16.5. The van der Waals surface area contributed by atoms with Gasteiger partial charge in [-0.1, -0.05) is 12.1 Å². The Morgan fingerprint density at radius 3 is 2.96 bits per heavy atom. The molecule has 0 spiro atoms. The first-order chi connectivity index (χ1) is 11.2. The van der Waals surface area contributed by atoms with Crippen LogP contribution < -0.4 is 5.32 Å². The Bertz CT molecular complexity index is 662. The van der Waals surface area contributed by atoms with Crippen molar-refractivity contribution in [2.75, 3.05) is 39.4 Å². The van der Waals surface area contributed by atoms with E-state index in [4.69, 9.17) is 4.74 Å². The van der Waals surface area contributed by atoms with E-state index in [1.54, 1.807) is 0 Å². The van der Waals surface area contributed by atoms with E-state index in [0.717, 1.165) is 43.8 Å². The molecule has 1 amide bonds. The topological polar surface area (TPSA) is 59.4 Å². The predicted molar refractivity (Wildman–Crippen MR) is 89.4 cm³/mol. The number of fused-ring (bicyclic) bond motifs is 1. The van der Waals surface area contributed by atoms with Crippen LogP contribution in [0.3, 0.4) is 0 Å². The van der Waals surface area contributed by atoms with Crippen LogP contribution in [0.4, 0.5) is 0 Å². The van der Waals surface area contributed by atoms with E-state index in [1.807, 2.05) is 10.9 Å². The molecule has 6 nitrogen and oxygen atoms in total. The number of nitrogens with one attached hydrogen (secondary N) is 1. The molecule has 0 unspecified atom stereocenters. The fraction of sp³-hybridized carbons (Fsp3) is 0.529. The molecule has 1 aliphatic heterocycles. The van der Waals surface area contributed by atoms with Gasteiger partial charge in [-0.15, -0.1) is 0 Å². The van der Waals surface area contributed by atoms with Crippen LogP contribution in [0.2, 0.25) is 0 Å².